The molecule has 1 N–H and O–H groups in total. The fourth-order valence-corrected chi connectivity index (χ4v) is 2.89. The summed E-state index contributed by atoms with van der Waals surface area (Å²) in [6, 6.07) is 7.71. The molecule has 23 heavy (non-hydrogen) atoms. The van der Waals surface area contributed by atoms with E-state index in [-0.39, 0.29) is 0 Å². The van der Waals surface area contributed by atoms with E-state index in [1.807, 2.05) is 12.1 Å². The number of aliphatic carboxylic acids is 1. The molecule has 1 fully saturated rings. The zero-order chi connectivity index (χ0) is 16.4. The van der Waals surface area contributed by atoms with Crippen molar-refractivity contribution in [2.75, 3.05) is 18.0 Å². The number of benzene rings is 1. The lowest BCUT2D eigenvalue weighted by Gasteiger charge is -2.24. The minimum absolute atomic E-state index is 0.389. The molecule has 1 aliphatic heterocycles. The third-order valence-electron chi connectivity index (χ3n) is 4.15. The van der Waals surface area contributed by atoms with Crippen LogP contribution in [0.3, 0.4) is 0 Å². The number of piperidine rings is 1. The fraction of sp³-hybridized carbons (Fsp3) is 0.412. The van der Waals surface area contributed by atoms with Crippen LogP contribution in [-0.2, 0) is 4.79 Å². The van der Waals surface area contributed by atoms with Crippen molar-refractivity contribution in [2.24, 2.45) is 0 Å². The molecule has 0 amide bonds. The first kappa shape index (κ1) is 15.9. The maximum absolute atomic E-state index is 11.4. The van der Waals surface area contributed by atoms with Crippen molar-refractivity contribution in [3.63, 3.8) is 0 Å². The van der Waals surface area contributed by atoms with Crippen molar-refractivity contribution in [1.82, 2.24) is 4.98 Å². The standard InChI is InChI=1S/C17H19ClN2O3/c1-11(16(21)22)15-14(12-5-7-13(18)8-6-12)19-17(23-15)20-9-3-2-4-10-20/h5-8,11H,2-4,9-10H2,1H3,(H,21,22). The second kappa shape index (κ2) is 6.62. The third-order valence-corrected chi connectivity index (χ3v) is 4.40. The predicted molar refractivity (Wildman–Crippen MR) is 89.1 cm³/mol. The van der Waals surface area contributed by atoms with Crippen LogP contribution in [0.4, 0.5) is 6.01 Å². The molecule has 3 rings (SSSR count). The molecular formula is C17H19ClN2O3. The van der Waals surface area contributed by atoms with Crippen molar-refractivity contribution in [3.8, 4) is 11.3 Å². The summed E-state index contributed by atoms with van der Waals surface area (Å²) in [7, 11) is 0. The summed E-state index contributed by atoms with van der Waals surface area (Å²) in [6.45, 7) is 3.39. The fourth-order valence-electron chi connectivity index (χ4n) is 2.76. The number of hydrogen-bond donors (Lipinski definition) is 1. The SMILES string of the molecule is CC(C(=O)O)c1oc(N2CCCCC2)nc1-c1ccc(Cl)cc1. The van der Waals surface area contributed by atoms with E-state index in [0.29, 0.717) is 22.5 Å². The maximum atomic E-state index is 11.4. The van der Waals surface area contributed by atoms with E-state index < -0.39 is 11.9 Å². The summed E-state index contributed by atoms with van der Waals surface area (Å²) in [5, 5.41) is 9.97. The van der Waals surface area contributed by atoms with Crippen molar-refractivity contribution >= 4 is 23.6 Å². The molecule has 5 nitrogen and oxygen atoms in total. The smallest absolute Gasteiger partial charge is 0.314 e. The summed E-state index contributed by atoms with van der Waals surface area (Å²) in [6.07, 6.45) is 3.41. The lowest BCUT2D eigenvalue weighted by Crippen LogP contribution is -2.29. The molecular weight excluding hydrogens is 316 g/mol. The van der Waals surface area contributed by atoms with Gasteiger partial charge in [-0.1, -0.05) is 23.7 Å². The van der Waals surface area contributed by atoms with Gasteiger partial charge in [0, 0.05) is 23.7 Å². The van der Waals surface area contributed by atoms with E-state index in [0.717, 1.165) is 31.5 Å². The Hall–Kier alpha value is -2.01. The Morgan fingerprint density at radius 1 is 1.26 bits per heavy atom. The number of carbonyl (C=O) groups is 1. The van der Waals surface area contributed by atoms with Crippen LogP contribution in [0.1, 0.15) is 37.9 Å². The summed E-state index contributed by atoms with van der Waals surface area (Å²) >= 11 is 5.93. The zero-order valence-electron chi connectivity index (χ0n) is 13.0. The normalized spacial score (nSPS) is 16.3. The molecule has 1 unspecified atom stereocenters. The topological polar surface area (TPSA) is 66.6 Å². The Kier molecular flexibility index (Phi) is 4.57. The van der Waals surface area contributed by atoms with E-state index >= 15 is 0 Å². The maximum Gasteiger partial charge on any atom is 0.314 e. The molecule has 2 aromatic rings. The van der Waals surface area contributed by atoms with Crippen LogP contribution in [0.25, 0.3) is 11.3 Å². The molecule has 0 spiro atoms. The Bertz CT molecular complexity index is 690. The zero-order valence-corrected chi connectivity index (χ0v) is 13.7. The number of hydrogen-bond acceptors (Lipinski definition) is 4. The van der Waals surface area contributed by atoms with Crippen molar-refractivity contribution in [1.29, 1.82) is 0 Å². The highest BCUT2D eigenvalue weighted by Crippen LogP contribution is 2.34. The number of anilines is 1. The lowest BCUT2D eigenvalue weighted by atomic mass is 10.0. The number of carboxylic acid groups (broad SMARTS) is 1. The largest absolute Gasteiger partial charge is 0.481 e. The quantitative estimate of drug-likeness (QED) is 0.908. The monoisotopic (exact) mass is 334 g/mol. The highest BCUT2D eigenvalue weighted by molar-refractivity contribution is 6.30. The van der Waals surface area contributed by atoms with Gasteiger partial charge in [0.15, 0.2) is 0 Å². The van der Waals surface area contributed by atoms with Gasteiger partial charge < -0.3 is 14.4 Å². The minimum atomic E-state index is -0.929. The van der Waals surface area contributed by atoms with Gasteiger partial charge in [0.2, 0.25) is 0 Å². The van der Waals surface area contributed by atoms with Gasteiger partial charge in [-0.15, -0.1) is 0 Å². The van der Waals surface area contributed by atoms with Gasteiger partial charge in [0.25, 0.3) is 6.01 Å². The van der Waals surface area contributed by atoms with E-state index in [4.69, 9.17) is 16.0 Å². The van der Waals surface area contributed by atoms with Gasteiger partial charge in [-0.2, -0.15) is 4.98 Å². The number of halogens is 1. The highest BCUT2D eigenvalue weighted by atomic mass is 35.5. The number of nitrogens with zero attached hydrogens (tertiary/aromatic N) is 2. The Morgan fingerprint density at radius 2 is 1.91 bits per heavy atom. The molecule has 1 aromatic heterocycles. The van der Waals surface area contributed by atoms with Gasteiger partial charge in [0.05, 0.1) is 0 Å². The summed E-state index contributed by atoms with van der Waals surface area (Å²) in [4.78, 5) is 18.1. The van der Waals surface area contributed by atoms with Gasteiger partial charge in [-0.05, 0) is 38.3 Å². The van der Waals surface area contributed by atoms with E-state index in [9.17, 15) is 9.90 Å². The van der Waals surface area contributed by atoms with Gasteiger partial charge >= 0.3 is 5.97 Å². The van der Waals surface area contributed by atoms with E-state index in [2.05, 4.69) is 9.88 Å². The Labute approximate surface area is 139 Å². The van der Waals surface area contributed by atoms with Crippen LogP contribution in [0.5, 0.6) is 0 Å². The molecule has 1 aliphatic rings. The molecule has 2 heterocycles. The molecule has 1 saturated heterocycles. The molecule has 0 bridgehead atoms. The van der Waals surface area contributed by atoms with Gasteiger partial charge in [-0.25, -0.2) is 0 Å². The van der Waals surface area contributed by atoms with E-state index in [1.165, 1.54) is 6.42 Å². The van der Waals surface area contributed by atoms with Crippen LogP contribution in [-0.4, -0.2) is 29.1 Å². The summed E-state index contributed by atoms with van der Waals surface area (Å²) in [5.74, 6) is -1.30. The number of rotatable bonds is 4. The first-order valence-electron chi connectivity index (χ1n) is 7.80. The predicted octanol–water partition coefficient (Wildman–Crippen LogP) is 4.17. The van der Waals surface area contributed by atoms with Crippen LogP contribution in [0, 0.1) is 0 Å². The van der Waals surface area contributed by atoms with Crippen molar-refractivity contribution in [3.05, 3.63) is 35.0 Å². The minimum Gasteiger partial charge on any atom is -0.481 e. The van der Waals surface area contributed by atoms with Gasteiger partial charge in [-0.3, -0.25) is 4.79 Å². The average molecular weight is 335 g/mol. The third kappa shape index (κ3) is 3.34. The molecule has 0 radical (unpaired) electrons. The first-order valence-corrected chi connectivity index (χ1v) is 8.18. The molecule has 0 aliphatic carbocycles. The average Bonchev–Trinajstić information content (AvgIpc) is 3.00. The number of aromatic nitrogens is 1. The van der Waals surface area contributed by atoms with Crippen molar-refractivity contribution < 1.29 is 14.3 Å². The summed E-state index contributed by atoms with van der Waals surface area (Å²) < 4.78 is 5.86. The molecule has 6 heteroatoms. The van der Waals surface area contributed by atoms with Crippen LogP contribution < -0.4 is 4.90 Å². The number of oxazole rings is 1. The lowest BCUT2D eigenvalue weighted by molar-refractivity contribution is -0.138. The summed E-state index contributed by atoms with van der Waals surface area (Å²) in [5.41, 5.74) is 1.39. The molecule has 1 atom stereocenters. The van der Waals surface area contributed by atoms with Crippen LogP contribution in [0.2, 0.25) is 5.02 Å². The van der Waals surface area contributed by atoms with E-state index in [1.54, 1.807) is 19.1 Å². The molecule has 1 aromatic carbocycles. The molecule has 122 valence electrons. The molecule has 0 saturated carbocycles. The highest BCUT2D eigenvalue weighted by Gasteiger charge is 2.27. The van der Waals surface area contributed by atoms with Crippen LogP contribution >= 0.6 is 11.6 Å². The Morgan fingerprint density at radius 3 is 2.52 bits per heavy atom. The number of carboxylic acids is 1. The van der Waals surface area contributed by atoms with Gasteiger partial charge in [0.1, 0.15) is 17.4 Å². The van der Waals surface area contributed by atoms with Crippen LogP contribution in [0.15, 0.2) is 28.7 Å². The van der Waals surface area contributed by atoms with Crippen molar-refractivity contribution in [2.45, 2.75) is 32.1 Å². The Balaban J connectivity index is 2.02. The first-order chi connectivity index (χ1) is 11.1. The second-order valence-corrected chi connectivity index (χ2v) is 6.26. The second-order valence-electron chi connectivity index (χ2n) is 5.82.